The summed E-state index contributed by atoms with van der Waals surface area (Å²) in [7, 11) is 0. The molecule has 0 rings (SSSR count). The van der Waals surface area contributed by atoms with Crippen LogP contribution in [0.5, 0.6) is 0 Å². The van der Waals surface area contributed by atoms with Crippen molar-refractivity contribution >= 4 is 45.2 Å². The van der Waals surface area contributed by atoms with Crippen LogP contribution in [0.2, 0.25) is 0 Å². The van der Waals surface area contributed by atoms with Gasteiger partial charge in [-0.3, -0.25) is 0 Å². The maximum absolute atomic E-state index is 2.47. The molecule has 0 aliphatic heterocycles. The van der Waals surface area contributed by atoms with Crippen LogP contribution in [0.1, 0.15) is 64.2 Å². The molecule has 0 amide bonds. The van der Waals surface area contributed by atoms with E-state index in [9.17, 15) is 0 Å². The van der Waals surface area contributed by atoms with Crippen LogP contribution in [0.3, 0.4) is 0 Å². The zero-order valence-electron chi connectivity index (χ0n) is 9.69. The van der Waals surface area contributed by atoms with Crippen molar-refractivity contribution in [3.8, 4) is 0 Å². The zero-order chi connectivity index (χ0) is 11.2. The van der Waals surface area contributed by atoms with Crippen LogP contribution in [0, 0.1) is 0 Å². The summed E-state index contributed by atoms with van der Waals surface area (Å²) in [5.41, 5.74) is 0. The molecule has 90 valence electrons. The molecule has 0 spiro atoms. The van der Waals surface area contributed by atoms with Crippen molar-refractivity contribution in [1.29, 1.82) is 0 Å². The minimum atomic E-state index is 1.28. The molecule has 0 aromatic rings. The van der Waals surface area contributed by atoms with Crippen LogP contribution < -0.4 is 0 Å². The predicted octanol–water partition coefficient (Wildman–Crippen LogP) is 6.27. The highest BCUT2D eigenvalue weighted by Crippen LogP contribution is 2.11. The second-order valence-electron chi connectivity index (χ2n) is 4.02. The Morgan fingerprint density at radius 2 is 1.13 bits per heavy atom. The molecule has 0 aromatic heterocycles. The largest absolute Gasteiger partial charge is 0.0864 e. The van der Waals surface area contributed by atoms with Crippen LogP contribution in [-0.2, 0) is 0 Å². The van der Waals surface area contributed by atoms with E-state index in [1.165, 1.54) is 68.6 Å². The number of hydrogen-bond acceptors (Lipinski definition) is 0. The summed E-state index contributed by atoms with van der Waals surface area (Å²) < 4.78 is 3.47. The molecule has 0 saturated carbocycles. The van der Waals surface area contributed by atoms with Gasteiger partial charge in [-0.1, -0.05) is 96.2 Å². The van der Waals surface area contributed by atoms with Crippen molar-refractivity contribution in [3.63, 3.8) is 0 Å². The molecule has 0 aliphatic rings. The fraction of sp³-hybridized carbons (Fsp3) is 0.846. The van der Waals surface area contributed by atoms with E-state index in [1.807, 2.05) is 0 Å². The molecular formula is C13H24I2. The van der Waals surface area contributed by atoms with Crippen LogP contribution in [-0.4, -0.2) is 4.43 Å². The van der Waals surface area contributed by atoms with Gasteiger partial charge in [-0.05, 0) is 27.8 Å². The van der Waals surface area contributed by atoms with Gasteiger partial charge in [0.1, 0.15) is 0 Å². The Morgan fingerprint density at radius 3 is 1.60 bits per heavy atom. The Labute approximate surface area is 123 Å². The third-order valence-corrected chi connectivity index (χ3v) is 3.86. The molecule has 0 unspecified atom stereocenters. The van der Waals surface area contributed by atoms with E-state index in [0.717, 1.165) is 0 Å². The molecule has 0 atom stereocenters. The summed E-state index contributed by atoms with van der Waals surface area (Å²) in [4.78, 5) is 0. The quantitative estimate of drug-likeness (QED) is 0.204. The van der Waals surface area contributed by atoms with Crippen molar-refractivity contribution < 1.29 is 0 Å². The van der Waals surface area contributed by atoms with Crippen molar-refractivity contribution in [2.75, 3.05) is 4.43 Å². The molecule has 0 aliphatic carbocycles. The summed E-state index contributed by atoms with van der Waals surface area (Å²) in [6, 6.07) is 0. The summed E-state index contributed by atoms with van der Waals surface area (Å²) in [6.45, 7) is 0. The molecule has 0 bridgehead atoms. The van der Waals surface area contributed by atoms with Crippen molar-refractivity contribution in [2.24, 2.45) is 0 Å². The zero-order valence-corrected chi connectivity index (χ0v) is 14.0. The molecule has 0 radical (unpaired) electrons. The average molecular weight is 434 g/mol. The number of unbranched alkanes of at least 4 members (excludes halogenated alkanes) is 9. The standard InChI is InChI=1S/C13H24I2/c14-12-10-8-6-4-2-1-3-5-7-9-11-13-15/h10,12H,1-9,11,13H2/b12-10+. The molecule has 0 heterocycles. The summed E-state index contributed by atoms with van der Waals surface area (Å²) in [6.07, 6.45) is 16.5. The Morgan fingerprint density at radius 1 is 0.667 bits per heavy atom. The molecule has 0 saturated heterocycles. The average Bonchev–Trinajstić information content (AvgIpc) is 2.26. The van der Waals surface area contributed by atoms with Gasteiger partial charge in [-0.2, -0.15) is 0 Å². The maximum atomic E-state index is 2.47. The van der Waals surface area contributed by atoms with Crippen LogP contribution >= 0.6 is 45.2 Å². The summed E-state index contributed by atoms with van der Waals surface area (Å²) >= 11 is 4.77. The van der Waals surface area contributed by atoms with Gasteiger partial charge in [0.05, 0.1) is 0 Å². The minimum absolute atomic E-state index is 1.28. The molecular weight excluding hydrogens is 410 g/mol. The lowest BCUT2D eigenvalue weighted by Gasteiger charge is -2.00. The maximum Gasteiger partial charge on any atom is -0.000473 e. The summed E-state index contributed by atoms with van der Waals surface area (Å²) in [5, 5.41) is 0. The highest BCUT2D eigenvalue weighted by molar-refractivity contribution is 14.1. The molecule has 0 fully saturated rings. The van der Waals surface area contributed by atoms with Gasteiger partial charge in [0.15, 0.2) is 0 Å². The van der Waals surface area contributed by atoms with E-state index in [4.69, 9.17) is 0 Å². The first kappa shape index (κ1) is 16.2. The van der Waals surface area contributed by atoms with Gasteiger partial charge in [0.2, 0.25) is 0 Å². The van der Waals surface area contributed by atoms with Gasteiger partial charge in [0.25, 0.3) is 0 Å². The number of hydrogen-bond donors (Lipinski definition) is 0. The van der Waals surface area contributed by atoms with Crippen LogP contribution in [0.4, 0.5) is 0 Å². The first-order valence-corrected chi connectivity index (χ1v) is 9.00. The molecule has 0 aromatic carbocycles. The fourth-order valence-corrected chi connectivity index (χ4v) is 2.56. The van der Waals surface area contributed by atoms with E-state index in [1.54, 1.807) is 0 Å². The molecule has 0 N–H and O–H groups in total. The lowest BCUT2D eigenvalue weighted by molar-refractivity contribution is 0.568. The highest BCUT2D eigenvalue weighted by atomic mass is 127. The topological polar surface area (TPSA) is 0 Å². The van der Waals surface area contributed by atoms with Crippen molar-refractivity contribution in [1.82, 2.24) is 0 Å². The number of allylic oxidation sites excluding steroid dienone is 1. The Hall–Kier alpha value is 1.20. The van der Waals surface area contributed by atoms with E-state index in [2.05, 4.69) is 55.3 Å². The lowest BCUT2D eigenvalue weighted by Crippen LogP contribution is -1.81. The number of alkyl halides is 1. The van der Waals surface area contributed by atoms with Gasteiger partial charge in [-0.15, -0.1) is 0 Å². The fourth-order valence-electron chi connectivity index (χ4n) is 1.66. The molecule has 2 heteroatoms. The van der Waals surface area contributed by atoms with E-state index in [-0.39, 0.29) is 0 Å². The Bertz CT molecular complexity index is 132. The number of halogens is 2. The highest BCUT2D eigenvalue weighted by Gasteiger charge is 1.91. The van der Waals surface area contributed by atoms with E-state index in [0.29, 0.717) is 0 Å². The second kappa shape index (κ2) is 15.2. The SMILES string of the molecule is I/C=C/CCCCCCCCCCCI. The predicted molar refractivity (Wildman–Crippen MR) is 88.2 cm³/mol. The van der Waals surface area contributed by atoms with Gasteiger partial charge >= 0.3 is 0 Å². The number of rotatable bonds is 11. The third-order valence-electron chi connectivity index (χ3n) is 2.59. The van der Waals surface area contributed by atoms with E-state index >= 15 is 0 Å². The van der Waals surface area contributed by atoms with Gasteiger partial charge < -0.3 is 0 Å². The van der Waals surface area contributed by atoms with Crippen LogP contribution in [0.15, 0.2) is 10.2 Å². The van der Waals surface area contributed by atoms with E-state index < -0.39 is 0 Å². The lowest BCUT2D eigenvalue weighted by atomic mass is 10.1. The van der Waals surface area contributed by atoms with Gasteiger partial charge in [0, 0.05) is 0 Å². The normalized spacial score (nSPS) is 11.3. The van der Waals surface area contributed by atoms with Crippen LogP contribution in [0.25, 0.3) is 0 Å². The third kappa shape index (κ3) is 15.2. The Kier molecular flexibility index (Phi) is 16.4. The molecule has 0 nitrogen and oxygen atoms in total. The monoisotopic (exact) mass is 434 g/mol. The first-order valence-electron chi connectivity index (χ1n) is 6.23. The Balaban J connectivity index is 2.86. The van der Waals surface area contributed by atoms with Crippen molar-refractivity contribution in [3.05, 3.63) is 10.2 Å². The smallest absolute Gasteiger partial charge is 0.000473 e. The van der Waals surface area contributed by atoms with Crippen molar-refractivity contribution in [2.45, 2.75) is 64.2 Å². The van der Waals surface area contributed by atoms with Gasteiger partial charge in [-0.25, -0.2) is 0 Å². The first-order chi connectivity index (χ1) is 7.41. The second-order valence-corrected chi connectivity index (χ2v) is 5.82. The minimum Gasteiger partial charge on any atom is -0.0864 e. The summed E-state index contributed by atoms with van der Waals surface area (Å²) in [5.74, 6) is 0. The molecule has 15 heavy (non-hydrogen) atoms.